The van der Waals surface area contributed by atoms with Gasteiger partial charge >= 0.3 is 0 Å². The summed E-state index contributed by atoms with van der Waals surface area (Å²) in [5, 5.41) is 0.441. The molecule has 138 valence electrons. The maximum Gasteiger partial charge on any atom is 0.188 e. The normalized spacial score (nSPS) is 21.4. The molecule has 0 radical (unpaired) electrons. The fourth-order valence-corrected chi connectivity index (χ4v) is 6.13. The largest absolute Gasteiger partial charge is 0.300 e. The molecule has 0 aromatic heterocycles. The third-order valence-corrected chi connectivity index (χ3v) is 7.97. The zero-order chi connectivity index (χ0) is 18.9. The van der Waals surface area contributed by atoms with Crippen molar-refractivity contribution in [2.24, 2.45) is 0 Å². The number of aryl methyl sites for hydroxylation is 1. The molecule has 0 bridgehead atoms. The highest BCUT2D eigenvalue weighted by atomic mass is 35.5. The lowest BCUT2D eigenvalue weighted by Crippen LogP contribution is -2.36. The summed E-state index contributed by atoms with van der Waals surface area (Å²) in [5.41, 5.74) is 1.15. The Hall–Kier alpha value is -1.72. The number of Topliss-reactive ketones (excluding diaryl/α,β-unsaturated/α-hetero) is 1. The molecule has 3 rings (SSSR count). The van der Waals surface area contributed by atoms with Gasteiger partial charge in [0.05, 0.1) is 4.90 Å². The minimum atomic E-state index is -3.86. The van der Waals surface area contributed by atoms with Gasteiger partial charge in [-0.25, -0.2) is 12.8 Å². The van der Waals surface area contributed by atoms with E-state index in [0.29, 0.717) is 29.0 Å². The fraction of sp³-hybridized carbons (Fsp3) is 0.350. The molecule has 0 aliphatic heterocycles. The molecule has 0 spiro atoms. The van der Waals surface area contributed by atoms with Gasteiger partial charge in [-0.3, -0.25) is 4.79 Å². The number of carbonyl (C=O) groups excluding carboxylic acids is 1. The Morgan fingerprint density at radius 3 is 2.42 bits per heavy atom. The van der Waals surface area contributed by atoms with Crippen LogP contribution in [-0.4, -0.2) is 14.2 Å². The average molecular weight is 395 g/mol. The van der Waals surface area contributed by atoms with Crippen LogP contribution in [0.2, 0.25) is 5.02 Å². The molecule has 1 aliphatic carbocycles. The molecule has 2 aromatic carbocycles. The Morgan fingerprint density at radius 2 is 1.73 bits per heavy atom. The van der Waals surface area contributed by atoms with Crippen LogP contribution in [0.15, 0.2) is 47.4 Å². The molecule has 2 aromatic rings. The smallest absolute Gasteiger partial charge is 0.188 e. The Bertz CT molecular complexity index is 938. The van der Waals surface area contributed by atoms with Crippen LogP contribution in [0.1, 0.15) is 43.2 Å². The third kappa shape index (κ3) is 3.30. The van der Waals surface area contributed by atoms with Crippen molar-refractivity contribution in [2.75, 3.05) is 0 Å². The molecule has 1 saturated carbocycles. The Kier molecular flexibility index (Phi) is 5.22. The first-order valence-corrected chi connectivity index (χ1v) is 10.4. The van der Waals surface area contributed by atoms with E-state index in [9.17, 15) is 17.6 Å². The molecule has 1 fully saturated rings. The number of carbonyl (C=O) groups is 1. The topological polar surface area (TPSA) is 51.2 Å². The minimum Gasteiger partial charge on any atom is -0.300 e. The van der Waals surface area contributed by atoms with Gasteiger partial charge in [-0.15, -0.1) is 0 Å². The zero-order valence-corrected chi connectivity index (χ0v) is 16.0. The summed E-state index contributed by atoms with van der Waals surface area (Å²) in [6, 6.07) is 10.2. The van der Waals surface area contributed by atoms with Gasteiger partial charge in [-0.2, -0.15) is 0 Å². The van der Waals surface area contributed by atoms with Gasteiger partial charge in [0.25, 0.3) is 0 Å². The molecule has 0 heterocycles. The number of sulfone groups is 1. The summed E-state index contributed by atoms with van der Waals surface area (Å²) >= 11 is 5.90. The van der Waals surface area contributed by atoms with E-state index < -0.39 is 20.4 Å². The highest BCUT2D eigenvalue weighted by molar-refractivity contribution is 7.92. The molecule has 0 amide bonds. The molecule has 0 saturated heterocycles. The summed E-state index contributed by atoms with van der Waals surface area (Å²) < 4.78 is 40.0. The van der Waals surface area contributed by atoms with Crippen LogP contribution in [0.4, 0.5) is 4.39 Å². The lowest BCUT2D eigenvalue weighted by Gasteiger charge is -2.34. The second-order valence-electron chi connectivity index (χ2n) is 6.80. The molecule has 26 heavy (non-hydrogen) atoms. The van der Waals surface area contributed by atoms with E-state index in [1.54, 1.807) is 13.0 Å². The van der Waals surface area contributed by atoms with Crippen LogP contribution in [0.3, 0.4) is 0 Å². The summed E-state index contributed by atoms with van der Waals surface area (Å²) in [6.45, 7) is 1.78. The second-order valence-corrected chi connectivity index (χ2v) is 9.50. The number of hydrogen-bond acceptors (Lipinski definition) is 3. The highest BCUT2D eigenvalue weighted by Crippen LogP contribution is 2.46. The van der Waals surface area contributed by atoms with Gasteiger partial charge < -0.3 is 0 Å². The summed E-state index contributed by atoms with van der Waals surface area (Å²) in [4.78, 5) is 12.1. The first kappa shape index (κ1) is 19.1. The first-order chi connectivity index (χ1) is 12.3. The van der Waals surface area contributed by atoms with E-state index in [-0.39, 0.29) is 29.9 Å². The SMILES string of the molecule is Cc1ccc(F)cc1[C@]1(S(=O)(=O)c2ccc(Cl)cc2)CCCC(=O)CC1. The molecular formula is C20H20ClFO3S. The molecule has 1 aliphatic rings. The van der Waals surface area contributed by atoms with Crippen molar-refractivity contribution in [3.05, 3.63) is 64.4 Å². The van der Waals surface area contributed by atoms with Gasteiger partial charge in [-0.1, -0.05) is 17.7 Å². The van der Waals surface area contributed by atoms with Crippen molar-refractivity contribution in [1.82, 2.24) is 0 Å². The predicted molar refractivity (Wildman–Crippen MR) is 99.5 cm³/mol. The summed E-state index contributed by atoms with van der Waals surface area (Å²) in [7, 11) is -3.86. The van der Waals surface area contributed by atoms with Gasteiger partial charge in [0.2, 0.25) is 0 Å². The third-order valence-electron chi connectivity index (χ3n) is 5.17. The number of rotatable bonds is 3. The van der Waals surface area contributed by atoms with Crippen molar-refractivity contribution in [3.63, 3.8) is 0 Å². The van der Waals surface area contributed by atoms with E-state index in [0.717, 1.165) is 0 Å². The number of ketones is 1. The average Bonchev–Trinajstić information content (AvgIpc) is 2.80. The van der Waals surface area contributed by atoms with Crippen molar-refractivity contribution in [3.8, 4) is 0 Å². The van der Waals surface area contributed by atoms with Crippen LogP contribution >= 0.6 is 11.6 Å². The quantitative estimate of drug-likeness (QED) is 0.689. The molecule has 1 atom stereocenters. The monoisotopic (exact) mass is 394 g/mol. The predicted octanol–water partition coefficient (Wildman–Crippen LogP) is 4.99. The van der Waals surface area contributed by atoms with E-state index in [1.807, 2.05) is 0 Å². The standard InChI is InChI=1S/C20H20ClFO3S/c1-14-4-7-16(22)13-19(14)20(11-2-3-17(23)10-12-20)26(24,25)18-8-5-15(21)6-9-18/h4-9,13H,2-3,10-12H2,1H3/t20-/m0/s1. The van der Waals surface area contributed by atoms with Gasteiger partial charge in [0, 0.05) is 17.9 Å². The van der Waals surface area contributed by atoms with Crippen LogP contribution < -0.4 is 0 Å². The Morgan fingerprint density at radius 1 is 1.04 bits per heavy atom. The van der Waals surface area contributed by atoms with Crippen LogP contribution in [0.5, 0.6) is 0 Å². The molecule has 3 nitrogen and oxygen atoms in total. The van der Waals surface area contributed by atoms with E-state index in [2.05, 4.69) is 0 Å². The lowest BCUT2D eigenvalue weighted by atomic mass is 9.87. The fourth-order valence-electron chi connectivity index (χ4n) is 3.77. The van der Waals surface area contributed by atoms with Gasteiger partial charge in [0.15, 0.2) is 9.84 Å². The maximum atomic E-state index is 14.0. The van der Waals surface area contributed by atoms with Crippen LogP contribution in [0, 0.1) is 12.7 Å². The molecular weight excluding hydrogens is 375 g/mol. The summed E-state index contributed by atoms with van der Waals surface area (Å²) in [6.07, 6.45) is 1.42. The van der Waals surface area contributed by atoms with Crippen molar-refractivity contribution < 1.29 is 17.6 Å². The number of benzene rings is 2. The lowest BCUT2D eigenvalue weighted by molar-refractivity contribution is -0.118. The maximum absolute atomic E-state index is 14.0. The highest BCUT2D eigenvalue weighted by Gasteiger charge is 2.47. The van der Waals surface area contributed by atoms with E-state index >= 15 is 0 Å². The van der Waals surface area contributed by atoms with Crippen molar-refractivity contribution in [2.45, 2.75) is 48.7 Å². The van der Waals surface area contributed by atoms with E-state index in [1.165, 1.54) is 36.4 Å². The Balaban J connectivity index is 2.25. The van der Waals surface area contributed by atoms with Crippen LogP contribution in [-0.2, 0) is 19.4 Å². The van der Waals surface area contributed by atoms with Gasteiger partial charge in [0.1, 0.15) is 16.3 Å². The Labute approximate surface area is 158 Å². The first-order valence-electron chi connectivity index (χ1n) is 8.55. The summed E-state index contributed by atoms with van der Waals surface area (Å²) in [5.74, 6) is -0.431. The number of hydrogen-bond donors (Lipinski definition) is 0. The minimum absolute atomic E-state index is 0.0484. The van der Waals surface area contributed by atoms with Gasteiger partial charge in [-0.05, 0) is 73.7 Å². The second kappa shape index (κ2) is 7.12. The van der Waals surface area contributed by atoms with E-state index in [4.69, 9.17) is 11.6 Å². The number of halogens is 2. The van der Waals surface area contributed by atoms with Crippen molar-refractivity contribution >= 4 is 27.2 Å². The molecule has 0 unspecified atom stereocenters. The van der Waals surface area contributed by atoms with Crippen molar-refractivity contribution in [1.29, 1.82) is 0 Å². The van der Waals surface area contributed by atoms with Crippen LogP contribution in [0.25, 0.3) is 0 Å². The molecule has 6 heteroatoms. The zero-order valence-electron chi connectivity index (χ0n) is 14.5. The molecule has 0 N–H and O–H groups in total.